The number of rotatable bonds is 0. The van der Waals surface area contributed by atoms with Gasteiger partial charge in [0.25, 0.3) is 0 Å². The predicted molar refractivity (Wildman–Crippen MR) is 24.1 cm³/mol. The van der Waals surface area contributed by atoms with Gasteiger partial charge in [-0.2, -0.15) is 0 Å². The minimum absolute atomic E-state index is 1.18. The Morgan fingerprint density at radius 3 is 2.67 bits per heavy atom. The zero-order chi connectivity index (χ0) is 4.41. The summed E-state index contributed by atoms with van der Waals surface area (Å²) in [6.07, 6.45) is 3.37. The summed E-state index contributed by atoms with van der Waals surface area (Å²) in [7, 11) is 0. The summed E-state index contributed by atoms with van der Waals surface area (Å²) in [6, 6.07) is 1.92. The van der Waals surface area contributed by atoms with Crippen molar-refractivity contribution in [2.24, 2.45) is 0 Å². The van der Waals surface area contributed by atoms with Gasteiger partial charge in [0.2, 0.25) is 0 Å². The van der Waals surface area contributed by atoms with E-state index in [1.54, 1.807) is 12.5 Å². The summed E-state index contributed by atoms with van der Waals surface area (Å²) >= 11 is 1.99. The molecule has 1 aromatic heterocycles. The van der Waals surface area contributed by atoms with Gasteiger partial charge in [0.05, 0.1) is 0 Å². The summed E-state index contributed by atoms with van der Waals surface area (Å²) in [5.41, 5.74) is 0. The molecule has 0 bridgehead atoms. The molecule has 26 valence electrons. The van der Waals surface area contributed by atoms with Crippen molar-refractivity contribution < 1.29 is 4.42 Å². The van der Waals surface area contributed by atoms with Gasteiger partial charge in [-0.3, -0.25) is 0 Å². The van der Waals surface area contributed by atoms with Crippen LogP contribution in [0.15, 0.2) is 23.0 Å². The van der Waals surface area contributed by atoms with Gasteiger partial charge in [-0.1, -0.05) is 0 Å². The zero-order valence-corrected chi connectivity index (χ0v) is 3.64. The van der Waals surface area contributed by atoms with Gasteiger partial charge in [-0.25, -0.2) is 0 Å². The Balaban J connectivity index is 3.05. The van der Waals surface area contributed by atoms with Crippen molar-refractivity contribution >= 4 is 22.0 Å². The van der Waals surface area contributed by atoms with Crippen LogP contribution in [0.5, 0.6) is 0 Å². The predicted octanol–water partition coefficient (Wildman–Crippen LogP) is 0.0734. The van der Waals surface area contributed by atoms with Crippen LogP contribution in [-0.4, -0.2) is 17.7 Å². The van der Waals surface area contributed by atoms with Crippen molar-refractivity contribution in [3.63, 3.8) is 0 Å². The van der Waals surface area contributed by atoms with Gasteiger partial charge in [0.15, 0.2) is 0 Å². The maximum atomic E-state index is 4.71. The SMILES string of the molecule is [Li][c]1ccoc1. The summed E-state index contributed by atoms with van der Waals surface area (Å²) in [5, 5.41) is 0. The molecule has 0 saturated carbocycles. The van der Waals surface area contributed by atoms with Crippen LogP contribution in [-0.2, 0) is 0 Å². The van der Waals surface area contributed by atoms with E-state index >= 15 is 0 Å². The van der Waals surface area contributed by atoms with E-state index in [4.69, 9.17) is 4.42 Å². The van der Waals surface area contributed by atoms with Crippen molar-refractivity contribution in [1.82, 2.24) is 0 Å². The van der Waals surface area contributed by atoms with Crippen LogP contribution in [0.25, 0.3) is 0 Å². The van der Waals surface area contributed by atoms with Crippen molar-refractivity contribution in [3.05, 3.63) is 18.6 Å². The average Bonchev–Trinajstić information content (AvgIpc) is 1.86. The van der Waals surface area contributed by atoms with Crippen LogP contribution in [0.2, 0.25) is 0 Å². The van der Waals surface area contributed by atoms with Crippen molar-refractivity contribution in [2.75, 3.05) is 0 Å². The molecule has 0 aliphatic carbocycles. The van der Waals surface area contributed by atoms with Gasteiger partial charge in [-0.05, 0) is 0 Å². The van der Waals surface area contributed by atoms with Crippen LogP contribution in [0, 0.1) is 0 Å². The summed E-state index contributed by atoms with van der Waals surface area (Å²) in [4.78, 5) is 0. The molecule has 1 nitrogen and oxygen atoms in total. The van der Waals surface area contributed by atoms with E-state index in [0.717, 1.165) is 0 Å². The Morgan fingerprint density at radius 2 is 2.50 bits per heavy atom. The second-order valence-electron chi connectivity index (χ2n) is 1.30. The minimum atomic E-state index is 1.18. The Hall–Kier alpha value is -0.123. The normalized spacial score (nSPS) is 9.00. The monoisotopic (exact) mass is 74.0 g/mol. The first-order valence-electron chi connectivity index (χ1n) is 1.88. The molecule has 0 N–H and O–H groups in total. The first-order chi connectivity index (χ1) is 2.89. The van der Waals surface area contributed by atoms with E-state index in [1.165, 1.54) is 4.24 Å². The average molecular weight is 74.0 g/mol. The summed E-state index contributed by atoms with van der Waals surface area (Å²) in [6.45, 7) is 0. The third-order valence-electron chi connectivity index (χ3n) is 0.663. The van der Waals surface area contributed by atoms with Gasteiger partial charge >= 0.3 is 45.0 Å². The Labute approximate surface area is 45.5 Å². The fourth-order valence-electron chi connectivity index (χ4n) is 0.333. The molecule has 0 amide bonds. The first kappa shape index (κ1) is 4.05. The second-order valence-corrected chi connectivity index (χ2v) is 1.30. The topological polar surface area (TPSA) is 13.1 Å². The molecule has 0 saturated heterocycles. The molecule has 1 rings (SSSR count). The van der Waals surface area contributed by atoms with E-state index in [9.17, 15) is 0 Å². The van der Waals surface area contributed by atoms with Crippen molar-refractivity contribution in [1.29, 1.82) is 0 Å². The van der Waals surface area contributed by atoms with Crippen molar-refractivity contribution in [3.8, 4) is 0 Å². The van der Waals surface area contributed by atoms with Crippen LogP contribution in [0.4, 0.5) is 0 Å². The first-order valence-corrected chi connectivity index (χ1v) is 1.88. The maximum absolute atomic E-state index is 4.71. The molecular weight excluding hydrogens is 71.0 g/mol. The van der Waals surface area contributed by atoms with E-state index in [-0.39, 0.29) is 0 Å². The molecule has 0 aliphatic heterocycles. The second kappa shape index (κ2) is 1.55. The van der Waals surface area contributed by atoms with Crippen LogP contribution < -0.4 is 4.24 Å². The number of furan rings is 1. The molecule has 2 heteroatoms. The van der Waals surface area contributed by atoms with E-state index in [0.29, 0.717) is 0 Å². The molecule has 0 spiro atoms. The summed E-state index contributed by atoms with van der Waals surface area (Å²) < 4.78 is 5.89. The molecule has 0 aromatic carbocycles. The van der Waals surface area contributed by atoms with Crippen molar-refractivity contribution in [2.45, 2.75) is 0 Å². The molecule has 0 aliphatic rings. The molecule has 0 fully saturated rings. The van der Waals surface area contributed by atoms with E-state index in [1.807, 2.05) is 23.8 Å². The third kappa shape index (κ3) is 0.679. The standard InChI is InChI=1S/C4H3O.Li/c1-2-4-5-3-1;/h1,3-4H;. The molecule has 0 unspecified atom stereocenters. The Morgan fingerprint density at radius 1 is 1.67 bits per heavy atom. The van der Waals surface area contributed by atoms with E-state index < -0.39 is 0 Å². The zero-order valence-electron chi connectivity index (χ0n) is 3.64. The Kier molecular flexibility index (Phi) is 1.05. The fourth-order valence-corrected chi connectivity index (χ4v) is 0.333. The van der Waals surface area contributed by atoms with Crippen LogP contribution in [0.1, 0.15) is 0 Å². The van der Waals surface area contributed by atoms with Gasteiger partial charge in [0, 0.05) is 0 Å². The molecule has 1 aromatic rings. The van der Waals surface area contributed by atoms with Gasteiger partial charge in [-0.15, -0.1) is 0 Å². The van der Waals surface area contributed by atoms with E-state index in [2.05, 4.69) is 0 Å². The number of hydrogen-bond donors (Lipinski definition) is 0. The third-order valence-corrected chi connectivity index (χ3v) is 0.663. The van der Waals surface area contributed by atoms with Gasteiger partial charge in [0.1, 0.15) is 0 Å². The fraction of sp³-hybridized carbons (Fsp3) is 0. The molecule has 6 heavy (non-hydrogen) atoms. The molecule has 0 radical (unpaired) electrons. The van der Waals surface area contributed by atoms with Crippen LogP contribution >= 0.6 is 0 Å². The molecule has 1 heterocycles. The van der Waals surface area contributed by atoms with Crippen LogP contribution in [0.3, 0.4) is 0 Å². The Bertz CT molecular complexity index is 111. The quantitative estimate of drug-likeness (QED) is 0.397. The molecular formula is C4H3LiO. The molecule has 0 atom stereocenters. The van der Waals surface area contributed by atoms with Gasteiger partial charge < -0.3 is 0 Å². The summed E-state index contributed by atoms with van der Waals surface area (Å²) in [5.74, 6) is 0. The number of hydrogen-bond acceptors (Lipinski definition) is 1.